The summed E-state index contributed by atoms with van der Waals surface area (Å²) in [5.74, 6) is 0.949. The zero-order valence-corrected chi connectivity index (χ0v) is 13.7. The number of hydrogen-bond donors (Lipinski definition) is 2. The molecule has 1 atom stereocenters. The maximum atomic E-state index is 8.70. The lowest BCUT2D eigenvalue weighted by Crippen LogP contribution is -2.13. The number of hydrogen-bond acceptors (Lipinski definition) is 4. The van der Waals surface area contributed by atoms with Crippen molar-refractivity contribution in [2.75, 3.05) is 26.4 Å². The molecule has 0 aromatic heterocycles. The van der Waals surface area contributed by atoms with Gasteiger partial charge in [0.1, 0.15) is 5.76 Å². The second-order valence-electron chi connectivity index (χ2n) is 5.73. The molecule has 0 saturated carbocycles. The van der Waals surface area contributed by atoms with Crippen molar-refractivity contribution in [3.8, 4) is 0 Å². The van der Waals surface area contributed by atoms with Gasteiger partial charge in [0, 0.05) is 19.8 Å². The molecule has 2 N–H and O–H groups in total. The van der Waals surface area contributed by atoms with E-state index >= 15 is 0 Å². The van der Waals surface area contributed by atoms with Crippen molar-refractivity contribution in [1.29, 1.82) is 0 Å². The van der Waals surface area contributed by atoms with E-state index in [1.54, 1.807) is 0 Å². The Morgan fingerprint density at radius 1 is 0.864 bits per heavy atom. The van der Waals surface area contributed by atoms with Crippen LogP contribution in [0.5, 0.6) is 0 Å². The maximum absolute atomic E-state index is 8.70. The molecule has 1 rings (SSSR count). The molecule has 4 heteroatoms. The van der Waals surface area contributed by atoms with Gasteiger partial charge in [-0.1, -0.05) is 25.3 Å². The van der Waals surface area contributed by atoms with Crippen LogP contribution in [0.1, 0.15) is 57.8 Å². The number of aliphatic hydroxyl groups excluding tert-OH is 2. The molecule has 0 amide bonds. The van der Waals surface area contributed by atoms with Gasteiger partial charge in [-0.05, 0) is 50.7 Å². The predicted octanol–water partition coefficient (Wildman–Crippen LogP) is 3.34. The lowest BCUT2D eigenvalue weighted by molar-refractivity contribution is 0.0804. The van der Waals surface area contributed by atoms with Gasteiger partial charge in [0.05, 0.1) is 12.7 Å². The molecule has 0 radical (unpaired) electrons. The molecule has 1 unspecified atom stereocenters. The molecule has 128 valence electrons. The van der Waals surface area contributed by atoms with Crippen LogP contribution in [0, 0.1) is 0 Å². The third-order valence-corrected chi connectivity index (χ3v) is 3.73. The average molecular weight is 312 g/mol. The Bertz CT molecular complexity index is 312. The molecule has 4 nitrogen and oxygen atoms in total. The summed E-state index contributed by atoms with van der Waals surface area (Å²) in [6, 6.07) is 0. The number of unbranched alkanes of at least 4 members (excludes halogenated alkanes) is 6. The topological polar surface area (TPSA) is 58.9 Å². The first kappa shape index (κ1) is 19.2. The van der Waals surface area contributed by atoms with E-state index in [1.165, 1.54) is 0 Å². The van der Waals surface area contributed by atoms with Crippen LogP contribution in [0.3, 0.4) is 0 Å². The third-order valence-electron chi connectivity index (χ3n) is 3.73. The van der Waals surface area contributed by atoms with Crippen LogP contribution in [0.25, 0.3) is 0 Å². The van der Waals surface area contributed by atoms with Crippen molar-refractivity contribution < 1.29 is 19.7 Å². The van der Waals surface area contributed by atoms with Gasteiger partial charge in [0.25, 0.3) is 0 Å². The van der Waals surface area contributed by atoms with Gasteiger partial charge in [-0.15, -0.1) is 0 Å². The minimum absolute atomic E-state index is 0.176. The van der Waals surface area contributed by atoms with E-state index in [0.29, 0.717) is 6.61 Å². The van der Waals surface area contributed by atoms with E-state index in [1.807, 2.05) is 6.08 Å². The van der Waals surface area contributed by atoms with Crippen LogP contribution in [0.2, 0.25) is 0 Å². The average Bonchev–Trinajstić information content (AvgIpc) is 2.55. The molecule has 0 aromatic carbocycles. The summed E-state index contributed by atoms with van der Waals surface area (Å²) in [6.07, 6.45) is 15.5. The molecule has 0 heterocycles. The summed E-state index contributed by atoms with van der Waals surface area (Å²) in [7, 11) is 0. The summed E-state index contributed by atoms with van der Waals surface area (Å²) in [5, 5.41) is 17.4. The number of rotatable bonds is 14. The molecule has 22 heavy (non-hydrogen) atoms. The first-order chi connectivity index (χ1) is 10.9. The van der Waals surface area contributed by atoms with Crippen molar-refractivity contribution >= 4 is 0 Å². The molecular formula is C18H32O4. The molecule has 0 aromatic rings. The second kappa shape index (κ2) is 13.8. The Hall–Kier alpha value is -0.840. The van der Waals surface area contributed by atoms with Crippen molar-refractivity contribution in [2.24, 2.45) is 0 Å². The third kappa shape index (κ3) is 9.98. The highest BCUT2D eigenvalue weighted by atomic mass is 16.5. The number of ether oxygens (including phenoxy) is 2. The minimum atomic E-state index is 0.176. The molecule has 1 aliphatic rings. The Morgan fingerprint density at radius 2 is 1.50 bits per heavy atom. The fraction of sp³-hybridized carbons (Fsp3) is 0.778. The van der Waals surface area contributed by atoms with Crippen LogP contribution >= 0.6 is 0 Å². The van der Waals surface area contributed by atoms with Gasteiger partial charge >= 0.3 is 0 Å². The van der Waals surface area contributed by atoms with Crippen LogP contribution < -0.4 is 0 Å². The SMILES string of the molecule is OCCCCCCOC1=CCC(OCCCCCCO)C=C1. The summed E-state index contributed by atoms with van der Waals surface area (Å²) in [5.41, 5.74) is 0. The minimum Gasteiger partial charge on any atom is -0.494 e. The van der Waals surface area contributed by atoms with Gasteiger partial charge < -0.3 is 19.7 Å². The largest absolute Gasteiger partial charge is 0.494 e. The van der Waals surface area contributed by atoms with Gasteiger partial charge in [0.2, 0.25) is 0 Å². The van der Waals surface area contributed by atoms with E-state index in [0.717, 1.165) is 76.8 Å². The molecule has 0 bridgehead atoms. The molecule has 0 fully saturated rings. The van der Waals surface area contributed by atoms with Crippen LogP contribution in [0.15, 0.2) is 24.0 Å². The smallest absolute Gasteiger partial charge is 0.115 e. The quantitative estimate of drug-likeness (QED) is 0.483. The highest BCUT2D eigenvalue weighted by Crippen LogP contribution is 2.15. The van der Waals surface area contributed by atoms with Crippen LogP contribution in [-0.2, 0) is 9.47 Å². The van der Waals surface area contributed by atoms with Crippen molar-refractivity contribution in [2.45, 2.75) is 63.9 Å². The van der Waals surface area contributed by atoms with Gasteiger partial charge in [-0.25, -0.2) is 0 Å². The Balaban J connectivity index is 1.97. The van der Waals surface area contributed by atoms with E-state index in [2.05, 4.69) is 12.2 Å². The van der Waals surface area contributed by atoms with Crippen molar-refractivity contribution in [1.82, 2.24) is 0 Å². The Morgan fingerprint density at radius 3 is 2.09 bits per heavy atom. The molecule has 1 aliphatic carbocycles. The van der Waals surface area contributed by atoms with Gasteiger partial charge in [-0.2, -0.15) is 0 Å². The predicted molar refractivity (Wildman–Crippen MR) is 88.6 cm³/mol. The molecule has 0 spiro atoms. The van der Waals surface area contributed by atoms with Crippen molar-refractivity contribution in [3.05, 3.63) is 24.0 Å². The summed E-state index contributed by atoms with van der Waals surface area (Å²) in [6.45, 7) is 2.12. The molecule has 0 aliphatic heterocycles. The standard InChI is InChI=1S/C18H32O4/c19-13-5-1-3-7-15-21-17-9-11-18(12-10-17)22-16-8-4-2-6-14-20/h9-11,18-20H,1-8,12-16H2. The van der Waals surface area contributed by atoms with Gasteiger partial charge in [0.15, 0.2) is 0 Å². The normalized spacial score (nSPS) is 17.5. The van der Waals surface area contributed by atoms with Crippen LogP contribution in [0.4, 0.5) is 0 Å². The highest BCUT2D eigenvalue weighted by molar-refractivity contribution is 5.19. The fourth-order valence-electron chi connectivity index (χ4n) is 2.37. The highest BCUT2D eigenvalue weighted by Gasteiger charge is 2.09. The first-order valence-electron chi connectivity index (χ1n) is 8.71. The fourth-order valence-corrected chi connectivity index (χ4v) is 2.37. The van der Waals surface area contributed by atoms with E-state index in [-0.39, 0.29) is 12.7 Å². The molecular weight excluding hydrogens is 280 g/mol. The monoisotopic (exact) mass is 312 g/mol. The zero-order valence-electron chi connectivity index (χ0n) is 13.7. The summed E-state index contributed by atoms with van der Waals surface area (Å²) in [4.78, 5) is 0. The van der Waals surface area contributed by atoms with E-state index in [4.69, 9.17) is 19.7 Å². The Labute approximate surface area is 134 Å². The summed E-state index contributed by atoms with van der Waals surface area (Å²) < 4.78 is 11.5. The Kier molecular flexibility index (Phi) is 12.0. The number of allylic oxidation sites excluding steroid dienone is 1. The van der Waals surface area contributed by atoms with Gasteiger partial charge in [-0.3, -0.25) is 0 Å². The number of aliphatic hydroxyl groups is 2. The summed E-state index contributed by atoms with van der Waals surface area (Å²) >= 11 is 0. The zero-order chi connectivity index (χ0) is 15.9. The van der Waals surface area contributed by atoms with E-state index in [9.17, 15) is 0 Å². The second-order valence-corrected chi connectivity index (χ2v) is 5.73. The first-order valence-corrected chi connectivity index (χ1v) is 8.71. The lowest BCUT2D eigenvalue weighted by Gasteiger charge is -2.17. The van der Waals surface area contributed by atoms with E-state index < -0.39 is 0 Å². The lowest BCUT2D eigenvalue weighted by atomic mass is 10.1. The van der Waals surface area contributed by atoms with Crippen molar-refractivity contribution in [3.63, 3.8) is 0 Å². The maximum Gasteiger partial charge on any atom is 0.115 e. The molecule has 0 saturated heterocycles. The van der Waals surface area contributed by atoms with Crippen LogP contribution in [-0.4, -0.2) is 42.7 Å².